The number of thioether (sulfide) groups is 1. The molecule has 0 unspecified atom stereocenters. The van der Waals surface area contributed by atoms with Crippen molar-refractivity contribution in [2.24, 2.45) is 0 Å². The first kappa shape index (κ1) is 19.0. The van der Waals surface area contributed by atoms with Crippen molar-refractivity contribution in [1.82, 2.24) is 19.7 Å². The van der Waals surface area contributed by atoms with Crippen LogP contribution < -0.4 is 0 Å². The van der Waals surface area contributed by atoms with E-state index in [0.717, 1.165) is 29.3 Å². The summed E-state index contributed by atoms with van der Waals surface area (Å²) < 4.78 is 2.04. The number of imide groups is 1. The molecule has 1 fully saturated rings. The van der Waals surface area contributed by atoms with Gasteiger partial charge < -0.3 is 5.11 Å². The van der Waals surface area contributed by atoms with Gasteiger partial charge in [-0.05, 0) is 37.1 Å². The summed E-state index contributed by atoms with van der Waals surface area (Å²) >= 11 is 1.38. The number of carbonyl (C=O) groups excluding carboxylic acids is 2. The Morgan fingerprint density at radius 2 is 1.60 bits per heavy atom. The second-order valence-corrected chi connectivity index (χ2v) is 8.50. The molecule has 1 atom stereocenters. The van der Waals surface area contributed by atoms with Gasteiger partial charge in [0.2, 0.25) is 0 Å². The number of hydrogen-bond acceptors (Lipinski definition) is 6. The highest BCUT2D eigenvalue weighted by atomic mass is 32.2. The van der Waals surface area contributed by atoms with Crippen LogP contribution >= 0.6 is 11.8 Å². The topological polar surface area (TPSA) is 88.3 Å². The summed E-state index contributed by atoms with van der Waals surface area (Å²) in [5.74, 6) is 0.948. The first-order chi connectivity index (χ1) is 14.6. The monoisotopic (exact) mass is 420 g/mol. The van der Waals surface area contributed by atoms with Crippen molar-refractivity contribution in [3.05, 3.63) is 71.5 Å². The van der Waals surface area contributed by atoms with Gasteiger partial charge in [-0.15, -0.1) is 10.2 Å². The predicted octanol–water partition coefficient (Wildman–Crippen LogP) is 2.89. The third kappa shape index (κ3) is 3.42. The van der Waals surface area contributed by atoms with E-state index in [-0.39, 0.29) is 18.4 Å². The lowest BCUT2D eigenvalue weighted by Gasteiger charge is -2.18. The molecule has 0 radical (unpaired) electrons. The Bertz CT molecular complexity index is 1080. The molecule has 3 aromatic rings. The number of aliphatic hydroxyl groups excluding tert-OH is 1. The van der Waals surface area contributed by atoms with Crippen LogP contribution in [0, 0.1) is 0 Å². The summed E-state index contributed by atoms with van der Waals surface area (Å²) in [6.45, 7) is -0.0473. The minimum Gasteiger partial charge on any atom is -0.390 e. The highest BCUT2D eigenvalue weighted by molar-refractivity contribution is 7.99. The molecule has 1 aliphatic heterocycles. The number of fused-ring (bicyclic) bond motifs is 1. The average Bonchev–Trinajstić information content (AvgIpc) is 3.49. The Morgan fingerprint density at radius 1 is 0.967 bits per heavy atom. The normalized spacial score (nSPS) is 16.8. The average molecular weight is 420 g/mol. The van der Waals surface area contributed by atoms with Crippen LogP contribution in [-0.4, -0.2) is 55.0 Å². The molecule has 152 valence electrons. The molecular weight excluding hydrogens is 400 g/mol. The molecule has 7 nitrogen and oxygen atoms in total. The molecule has 0 bridgehead atoms. The van der Waals surface area contributed by atoms with Crippen LogP contribution in [0.2, 0.25) is 0 Å². The van der Waals surface area contributed by atoms with E-state index in [9.17, 15) is 14.7 Å². The number of β-amino-alcohol motifs (C(OH)–C–C–N with tert-alkyl or cyclic N) is 1. The first-order valence-electron chi connectivity index (χ1n) is 9.90. The Hall–Kier alpha value is -2.97. The highest BCUT2D eigenvalue weighted by Crippen LogP contribution is 2.41. The molecule has 8 heteroatoms. The molecular formula is C22H20N4O3S. The van der Waals surface area contributed by atoms with Gasteiger partial charge in [-0.2, -0.15) is 0 Å². The van der Waals surface area contributed by atoms with E-state index in [4.69, 9.17) is 0 Å². The lowest BCUT2D eigenvalue weighted by Crippen LogP contribution is -2.37. The van der Waals surface area contributed by atoms with Crippen LogP contribution in [0.4, 0.5) is 0 Å². The van der Waals surface area contributed by atoms with Gasteiger partial charge in [-0.3, -0.25) is 19.1 Å². The molecule has 0 saturated heterocycles. The minimum absolute atomic E-state index is 0.0473. The fourth-order valence-electron chi connectivity index (χ4n) is 3.64. The summed E-state index contributed by atoms with van der Waals surface area (Å²) in [4.78, 5) is 26.1. The molecule has 1 aliphatic carbocycles. The van der Waals surface area contributed by atoms with E-state index < -0.39 is 6.10 Å². The number of aromatic nitrogens is 3. The fraction of sp³-hybridized carbons (Fsp3) is 0.273. The lowest BCUT2D eigenvalue weighted by atomic mass is 10.1. The zero-order valence-electron chi connectivity index (χ0n) is 16.1. The maximum Gasteiger partial charge on any atom is 0.261 e. The van der Waals surface area contributed by atoms with E-state index in [1.165, 1.54) is 11.8 Å². The Morgan fingerprint density at radius 3 is 2.23 bits per heavy atom. The molecule has 1 aromatic heterocycles. The van der Waals surface area contributed by atoms with Gasteiger partial charge in [0.15, 0.2) is 5.16 Å². The van der Waals surface area contributed by atoms with Crippen LogP contribution in [-0.2, 0) is 0 Å². The van der Waals surface area contributed by atoms with Crippen molar-refractivity contribution in [1.29, 1.82) is 0 Å². The van der Waals surface area contributed by atoms with Crippen LogP contribution in [0.5, 0.6) is 0 Å². The molecule has 1 saturated carbocycles. The number of carbonyl (C=O) groups is 2. The Labute approximate surface area is 177 Å². The SMILES string of the molecule is O=C1c2ccccc2C(=O)N1C[C@@H](O)CSc1nnc(C2CC2)n1-c1ccccc1. The summed E-state index contributed by atoms with van der Waals surface area (Å²) in [7, 11) is 0. The number of aliphatic hydroxyl groups is 1. The Kier molecular flexibility index (Phi) is 4.88. The van der Waals surface area contributed by atoms with E-state index in [2.05, 4.69) is 10.2 Å². The predicted molar refractivity (Wildman–Crippen MR) is 112 cm³/mol. The third-order valence-electron chi connectivity index (χ3n) is 5.29. The fourth-order valence-corrected chi connectivity index (χ4v) is 4.51. The lowest BCUT2D eigenvalue weighted by molar-refractivity contribution is 0.0567. The maximum absolute atomic E-state index is 12.5. The largest absolute Gasteiger partial charge is 0.390 e. The summed E-state index contributed by atoms with van der Waals surface area (Å²) in [6, 6.07) is 16.7. The Balaban J connectivity index is 1.29. The quantitative estimate of drug-likeness (QED) is 0.467. The summed E-state index contributed by atoms with van der Waals surface area (Å²) in [6.07, 6.45) is 1.35. The number of benzene rings is 2. The second-order valence-electron chi connectivity index (χ2n) is 7.52. The highest BCUT2D eigenvalue weighted by Gasteiger charge is 2.36. The van der Waals surface area contributed by atoms with E-state index >= 15 is 0 Å². The first-order valence-corrected chi connectivity index (χ1v) is 10.9. The van der Waals surface area contributed by atoms with E-state index in [1.807, 2.05) is 34.9 Å². The smallest absolute Gasteiger partial charge is 0.261 e. The van der Waals surface area contributed by atoms with Crippen LogP contribution in [0.1, 0.15) is 45.3 Å². The zero-order chi connectivity index (χ0) is 20.7. The molecule has 2 amide bonds. The van der Waals surface area contributed by atoms with Crippen molar-refractivity contribution in [2.45, 2.75) is 30.0 Å². The van der Waals surface area contributed by atoms with Crippen LogP contribution in [0.15, 0.2) is 59.8 Å². The molecule has 2 heterocycles. The molecule has 1 N–H and O–H groups in total. The second kappa shape index (κ2) is 7.70. The summed E-state index contributed by atoms with van der Waals surface area (Å²) in [5, 5.41) is 20.0. The van der Waals surface area contributed by atoms with Gasteiger partial charge in [-0.1, -0.05) is 42.1 Å². The number of rotatable bonds is 7. The molecule has 2 aliphatic rings. The van der Waals surface area contributed by atoms with Gasteiger partial charge in [0.25, 0.3) is 11.8 Å². The molecule has 0 spiro atoms. The van der Waals surface area contributed by atoms with Crippen LogP contribution in [0.25, 0.3) is 5.69 Å². The van der Waals surface area contributed by atoms with Crippen molar-refractivity contribution in [3.8, 4) is 5.69 Å². The number of amides is 2. The van der Waals surface area contributed by atoms with Gasteiger partial charge >= 0.3 is 0 Å². The van der Waals surface area contributed by atoms with Crippen molar-refractivity contribution in [3.63, 3.8) is 0 Å². The number of hydrogen-bond donors (Lipinski definition) is 1. The minimum atomic E-state index is -0.873. The number of nitrogens with zero attached hydrogens (tertiary/aromatic N) is 4. The van der Waals surface area contributed by atoms with Gasteiger partial charge in [-0.25, -0.2) is 0 Å². The zero-order valence-corrected chi connectivity index (χ0v) is 17.0. The van der Waals surface area contributed by atoms with Crippen molar-refractivity contribution >= 4 is 23.6 Å². The standard InChI is InChI=1S/C22H20N4O3S/c27-16(12-25-20(28)17-8-4-5-9-18(17)21(25)29)13-30-22-24-23-19(14-10-11-14)26(22)15-6-2-1-3-7-15/h1-9,14,16,27H,10-13H2/t16-/m1/s1. The van der Waals surface area contributed by atoms with Crippen molar-refractivity contribution in [2.75, 3.05) is 12.3 Å². The van der Waals surface area contributed by atoms with Crippen LogP contribution in [0.3, 0.4) is 0 Å². The molecule has 2 aromatic carbocycles. The summed E-state index contributed by atoms with van der Waals surface area (Å²) in [5.41, 5.74) is 1.77. The van der Waals surface area contributed by atoms with E-state index in [0.29, 0.717) is 28.0 Å². The number of para-hydroxylation sites is 1. The van der Waals surface area contributed by atoms with Gasteiger partial charge in [0.05, 0.1) is 23.8 Å². The maximum atomic E-state index is 12.5. The van der Waals surface area contributed by atoms with Gasteiger partial charge in [0.1, 0.15) is 5.82 Å². The van der Waals surface area contributed by atoms with Gasteiger partial charge in [0, 0.05) is 17.4 Å². The van der Waals surface area contributed by atoms with E-state index in [1.54, 1.807) is 24.3 Å². The molecule has 30 heavy (non-hydrogen) atoms. The third-order valence-corrected chi connectivity index (χ3v) is 6.37. The van der Waals surface area contributed by atoms with Crippen molar-refractivity contribution < 1.29 is 14.7 Å². The molecule has 5 rings (SSSR count).